The van der Waals surface area contributed by atoms with Gasteiger partial charge in [0, 0.05) is 12.7 Å². The SMILES string of the molecule is CCOC(=O)c1sc(=NC(=O)Cc2ccc(CC)cc2)n(C)c1C. The molecule has 0 saturated heterocycles. The van der Waals surface area contributed by atoms with E-state index in [1.54, 1.807) is 18.5 Å². The number of esters is 1. The minimum atomic E-state index is -0.375. The molecule has 1 heterocycles. The summed E-state index contributed by atoms with van der Waals surface area (Å²) in [5, 5.41) is 0. The van der Waals surface area contributed by atoms with Gasteiger partial charge in [0.1, 0.15) is 4.88 Å². The van der Waals surface area contributed by atoms with Crippen LogP contribution in [0.25, 0.3) is 0 Å². The summed E-state index contributed by atoms with van der Waals surface area (Å²) >= 11 is 1.18. The lowest BCUT2D eigenvalue weighted by molar-refractivity contribution is -0.117. The van der Waals surface area contributed by atoms with Gasteiger partial charge in [-0.05, 0) is 31.4 Å². The predicted octanol–water partition coefficient (Wildman–Crippen LogP) is 2.80. The van der Waals surface area contributed by atoms with Crippen LogP contribution in [-0.4, -0.2) is 23.1 Å². The van der Waals surface area contributed by atoms with E-state index in [1.165, 1.54) is 16.9 Å². The molecule has 0 saturated carbocycles. The van der Waals surface area contributed by atoms with E-state index in [1.807, 2.05) is 31.2 Å². The molecule has 0 unspecified atom stereocenters. The Kier molecular flexibility index (Phi) is 6.09. The first-order valence-corrected chi connectivity index (χ1v) is 8.76. The van der Waals surface area contributed by atoms with Gasteiger partial charge in [-0.25, -0.2) is 4.79 Å². The highest BCUT2D eigenvalue weighted by Crippen LogP contribution is 2.12. The molecule has 0 spiro atoms. The van der Waals surface area contributed by atoms with Gasteiger partial charge in [-0.3, -0.25) is 4.79 Å². The maximum absolute atomic E-state index is 12.2. The van der Waals surface area contributed by atoms with Crippen LogP contribution >= 0.6 is 11.3 Å². The number of nitrogens with zero attached hydrogens (tertiary/aromatic N) is 2. The molecule has 1 aromatic heterocycles. The van der Waals surface area contributed by atoms with Crippen LogP contribution in [0.2, 0.25) is 0 Å². The Labute approximate surface area is 145 Å². The molecule has 1 aromatic carbocycles. The predicted molar refractivity (Wildman–Crippen MR) is 94.1 cm³/mol. The highest BCUT2D eigenvalue weighted by Gasteiger charge is 2.16. The van der Waals surface area contributed by atoms with Crippen LogP contribution in [0.1, 0.15) is 40.3 Å². The van der Waals surface area contributed by atoms with Gasteiger partial charge in [0.05, 0.1) is 13.0 Å². The number of hydrogen-bond donors (Lipinski definition) is 0. The van der Waals surface area contributed by atoms with Crippen molar-refractivity contribution in [3.8, 4) is 0 Å². The summed E-state index contributed by atoms with van der Waals surface area (Å²) in [6, 6.07) is 7.96. The quantitative estimate of drug-likeness (QED) is 0.782. The molecule has 0 fully saturated rings. The monoisotopic (exact) mass is 346 g/mol. The summed E-state index contributed by atoms with van der Waals surface area (Å²) in [6.07, 6.45) is 1.22. The second-order valence-electron chi connectivity index (χ2n) is 5.43. The van der Waals surface area contributed by atoms with E-state index in [4.69, 9.17) is 4.74 Å². The molecule has 0 aliphatic carbocycles. The largest absolute Gasteiger partial charge is 0.462 e. The number of aryl methyl sites for hydroxylation is 1. The summed E-state index contributed by atoms with van der Waals surface area (Å²) in [5.41, 5.74) is 2.92. The summed E-state index contributed by atoms with van der Waals surface area (Å²) in [5.74, 6) is -0.605. The smallest absolute Gasteiger partial charge is 0.350 e. The second kappa shape index (κ2) is 8.06. The molecule has 2 aromatic rings. The normalized spacial score (nSPS) is 11.6. The minimum Gasteiger partial charge on any atom is -0.462 e. The number of carbonyl (C=O) groups excluding carboxylic acids is 2. The fourth-order valence-corrected chi connectivity index (χ4v) is 3.26. The molecular formula is C18H22N2O3S. The second-order valence-corrected chi connectivity index (χ2v) is 6.41. The average Bonchev–Trinajstić information content (AvgIpc) is 2.84. The van der Waals surface area contributed by atoms with Crippen LogP contribution in [0.15, 0.2) is 29.3 Å². The van der Waals surface area contributed by atoms with Crippen LogP contribution in [0, 0.1) is 6.92 Å². The van der Waals surface area contributed by atoms with Crippen LogP contribution in [0.3, 0.4) is 0 Å². The molecule has 2 rings (SSSR count). The van der Waals surface area contributed by atoms with E-state index in [0.717, 1.165) is 17.7 Å². The van der Waals surface area contributed by atoms with Crippen molar-refractivity contribution < 1.29 is 14.3 Å². The highest BCUT2D eigenvalue weighted by atomic mass is 32.1. The standard InChI is InChI=1S/C18H22N2O3S/c1-5-13-7-9-14(10-8-13)11-15(21)19-18-20(4)12(3)16(24-18)17(22)23-6-2/h7-10H,5-6,11H2,1-4H3. The summed E-state index contributed by atoms with van der Waals surface area (Å²) in [7, 11) is 1.79. The molecule has 0 aliphatic rings. The lowest BCUT2D eigenvalue weighted by atomic mass is 10.1. The Bertz CT molecular complexity index is 801. The number of thiazole rings is 1. The maximum Gasteiger partial charge on any atom is 0.350 e. The lowest BCUT2D eigenvalue weighted by Crippen LogP contribution is -2.15. The van der Waals surface area contributed by atoms with Crippen LogP contribution in [-0.2, 0) is 29.4 Å². The van der Waals surface area contributed by atoms with E-state index in [2.05, 4.69) is 11.9 Å². The topological polar surface area (TPSA) is 60.7 Å². The lowest BCUT2D eigenvalue weighted by Gasteiger charge is -2.00. The number of benzene rings is 1. The van der Waals surface area contributed by atoms with Crippen molar-refractivity contribution in [2.45, 2.75) is 33.6 Å². The number of aromatic nitrogens is 1. The third-order valence-electron chi connectivity index (χ3n) is 3.78. The molecular weight excluding hydrogens is 324 g/mol. The van der Waals surface area contributed by atoms with Crippen molar-refractivity contribution >= 4 is 23.2 Å². The Hall–Kier alpha value is -2.21. The molecule has 0 atom stereocenters. The van der Waals surface area contributed by atoms with Gasteiger partial charge in [-0.15, -0.1) is 0 Å². The van der Waals surface area contributed by atoms with Crippen LogP contribution in [0.4, 0.5) is 0 Å². The Morgan fingerprint density at radius 1 is 1.17 bits per heavy atom. The molecule has 0 aliphatic heterocycles. The highest BCUT2D eigenvalue weighted by molar-refractivity contribution is 7.11. The zero-order chi connectivity index (χ0) is 17.7. The van der Waals surface area contributed by atoms with E-state index < -0.39 is 0 Å². The Balaban J connectivity index is 2.22. The van der Waals surface area contributed by atoms with Crippen LogP contribution < -0.4 is 4.80 Å². The Morgan fingerprint density at radius 2 is 1.79 bits per heavy atom. The molecule has 0 bridgehead atoms. The maximum atomic E-state index is 12.2. The molecule has 0 N–H and O–H groups in total. The number of rotatable bonds is 5. The molecule has 5 nitrogen and oxygen atoms in total. The first-order chi connectivity index (χ1) is 11.5. The number of amides is 1. The summed E-state index contributed by atoms with van der Waals surface area (Å²) < 4.78 is 6.78. The van der Waals surface area contributed by atoms with Crippen molar-refractivity contribution in [3.63, 3.8) is 0 Å². The summed E-state index contributed by atoms with van der Waals surface area (Å²) in [4.78, 5) is 29.3. The first kappa shape index (κ1) is 18.1. The fourth-order valence-electron chi connectivity index (χ4n) is 2.23. The molecule has 1 amide bonds. The number of hydrogen-bond acceptors (Lipinski definition) is 4. The number of ether oxygens (including phenoxy) is 1. The number of carbonyl (C=O) groups is 2. The fraction of sp³-hybridized carbons (Fsp3) is 0.389. The third kappa shape index (κ3) is 4.20. The van der Waals surface area contributed by atoms with Crippen molar-refractivity contribution in [2.24, 2.45) is 12.0 Å². The van der Waals surface area contributed by atoms with E-state index >= 15 is 0 Å². The van der Waals surface area contributed by atoms with E-state index in [0.29, 0.717) is 16.3 Å². The minimum absolute atomic E-state index is 0.230. The van der Waals surface area contributed by atoms with Crippen molar-refractivity contribution in [2.75, 3.05) is 6.61 Å². The molecule has 0 radical (unpaired) electrons. The van der Waals surface area contributed by atoms with Gasteiger partial charge in [0.25, 0.3) is 5.91 Å². The van der Waals surface area contributed by atoms with E-state index in [9.17, 15) is 9.59 Å². The molecule has 6 heteroatoms. The van der Waals surface area contributed by atoms with Gasteiger partial charge >= 0.3 is 5.97 Å². The molecule has 24 heavy (non-hydrogen) atoms. The van der Waals surface area contributed by atoms with E-state index in [-0.39, 0.29) is 18.3 Å². The van der Waals surface area contributed by atoms with Gasteiger partial charge in [-0.1, -0.05) is 42.5 Å². The van der Waals surface area contributed by atoms with Crippen molar-refractivity contribution in [1.29, 1.82) is 0 Å². The Morgan fingerprint density at radius 3 is 2.38 bits per heavy atom. The van der Waals surface area contributed by atoms with Gasteiger partial charge in [0.15, 0.2) is 4.80 Å². The average molecular weight is 346 g/mol. The van der Waals surface area contributed by atoms with Crippen molar-refractivity contribution in [1.82, 2.24) is 4.57 Å². The van der Waals surface area contributed by atoms with Crippen molar-refractivity contribution in [3.05, 3.63) is 50.8 Å². The van der Waals surface area contributed by atoms with Gasteiger partial charge in [-0.2, -0.15) is 4.99 Å². The summed E-state index contributed by atoms with van der Waals surface area (Å²) in [6.45, 7) is 5.99. The van der Waals surface area contributed by atoms with Gasteiger partial charge < -0.3 is 9.30 Å². The third-order valence-corrected chi connectivity index (χ3v) is 4.99. The molecule has 128 valence electrons. The van der Waals surface area contributed by atoms with Gasteiger partial charge in [0.2, 0.25) is 0 Å². The first-order valence-electron chi connectivity index (χ1n) is 7.95. The van der Waals surface area contributed by atoms with Crippen LogP contribution in [0.5, 0.6) is 0 Å². The zero-order valence-electron chi connectivity index (χ0n) is 14.5. The zero-order valence-corrected chi connectivity index (χ0v) is 15.3.